The summed E-state index contributed by atoms with van der Waals surface area (Å²) >= 11 is 0. The van der Waals surface area contributed by atoms with Gasteiger partial charge in [-0.3, -0.25) is 0 Å². The number of hydrogen-bond donors (Lipinski definition) is 1. The Morgan fingerprint density at radius 2 is 1.75 bits per heavy atom. The van der Waals surface area contributed by atoms with Crippen LogP contribution >= 0.6 is 0 Å². The molecule has 0 rings (SSSR count). The summed E-state index contributed by atoms with van der Waals surface area (Å²) in [5.41, 5.74) is 5.75. The average molecular weight is 173 g/mol. The highest BCUT2D eigenvalue weighted by atomic mass is 16.5. The van der Waals surface area contributed by atoms with Crippen LogP contribution in [0.4, 0.5) is 0 Å². The summed E-state index contributed by atoms with van der Waals surface area (Å²) in [4.78, 5) is 0. The Kier molecular flexibility index (Phi) is 6.39. The van der Waals surface area contributed by atoms with E-state index in [1.165, 1.54) is 12.8 Å². The Hall–Kier alpha value is -0.0800. The number of rotatable bonds is 6. The van der Waals surface area contributed by atoms with Gasteiger partial charge in [-0.2, -0.15) is 0 Å². The van der Waals surface area contributed by atoms with E-state index >= 15 is 0 Å². The van der Waals surface area contributed by atoms with Crippen LogP contribution in [0, 0.1) is 5.41 Å². The van der Waals surface area contributed by atoms with Crippen molar-refractivity contribution >= 4 is 0 Å². The normalized spacial score (nSPS) is 12.0. The van der Waals surface area contributed by atoms with Crippen molar-refractivity contribution in [3.05, 3.63) is 0 Å². The molecule has 0 aliphatic carbocycles. The molecule has 0 heterocycles. The van der Waals surface area contributed by atoms with Crippen LogP contribution in [0.5, 0.6) is 0 Å². The largest absolute Gasteiger partial charge is 0.380 e. The van der Waals surface area contributed by atoms with Crippen molar-refractivity contribution in [2.75, 3.05) is 19.8 Å². The smallest absolute Gasteiger partial charge is 0.0588 e. The van der Waals surface area contributed by atoms with E-state index in [9.17, 15) is 0 Å². The molecule has 0 fully saturated rings. The molecule has 0 atom stereocenters. The van der Waals surface area contributed by atoms with E-state index in [1.54, 1.807) is 0 Å². The molecule has 0 aromatic heterocycles. The minimum Gasteiger partial charge on any atom is -0.380 e. The van der Waals surface area contributed by atoms with Crippen molar-refractivity contribution in [2.45, 2.75) is 40.0 Å². The van der Waals surface area contributed by atoms with Crippen LogP contribution in [0.1, 0.15) is 40.0 Å². The molecular formula is C10H23NO. The summed E-state index contributed by atoms with van der Waals surface area (Å²) in [7, 11) is 0. The molecular weight excluding hydrogens is 150 g/mol. The van der Waals surface area contributed by atoms with Crippen molar-refractivity contribution in [1.82, 2.24) is 0 Å². The second-order valence-corrected chi connectivity index (χ2v) is 4.42. The first kappa shape index (κ1) is 11.9. The van der Waals surface area contributed by atoms with Gasteiger partial charge in [-0.05, 0) is 18.3 Å². The molecule has 0 aliphatic rings. The first-order chi connectivity index (χ1) is 5.56. The number of nitrogens with two attached hydrogens (primary N) is 1. The number of ether oxygens (including phenoxy) is 1. The maximum atomic E-state index is 5.29. The molecule has 0 aromatic carbocycles. The molecule has 2 nitrogen and oxygen atoms in total. The SMILES string of the molecule is CC(C)(C)CCCCOCCN. The molecule has 0 bridgehead atoms. The molecule has 0 saturated carbocycles. The number of unbranched alkanes of at least 4 members (excludes halogenated alkanes) is 1. The maximum absolute atomic E-state index is 5.29. The molecule has 0 saturated heterocycles. The third kappa shape index (κ3) is 9.92. The van der Waals surface area contributed by atoms with Gasteiger partial charge in [0.2, 0.25) is 0 Å². The highest BCUT2D eigenvalue weighted by Gasteiger charge is 2.08. The second kappa shape index (κ2) is 6.44. The lowest BCUT2D eigenvalue weighted by Gasteiger charge is -2.17. The van der Waals surface area contributed by atoms with Crippen molar-refractivity contribution in [2.24, 2.45) is 11.1 Å². The van der Waals surface area contributed by atoms with Crippen molar-refractivity contribution in [1.29, 1.82) is 0 Å². The maximum Gasteiger partial charge on any atom is 0.0588 e. The molecule has 12 heavy (non-hydrogen) atoms. The molecule has 0 aliphatic heterocycles. The molecule has 0 unspecified atom stereocenters. The Morgan fingerprint density at radius 1 is 1.08 bits per heavy atom. The summed E-state index contributed by atoms with van der Waals surface area (Å²) in [6.45, 7) is 9.03. The molecule has 2 N–H and O–H groups in total. The van der Waals surface area contributed by atoms with Crippen LogP contribution in [0.3, 0.4) is 0 Å². The Balaban J connectivity index is 3.01. The van der Waals surface area contributed by atoms with E-state index in [4.69, 9.17) is 10.5 Å². The first-order valence-corrected chi connectivity index (χ1v) is 4.84. The van der Waals surface area contributed by atoms with E-state index in [0.717, 1.165) is 13.0 Å². The molecule has 0 amide bonds. The monoisotopic (exact) mass is 173 g/mol. The summed E-state index contributed by atoms with van der Waals surface area (Å²) in [6.07, 6.45) is 3.70. The quantitative estimate of drug-likeness (QED) is 0.625. The molecule has 0 spiro atoms. The van der Waals surface area contributed by atoms with Crippen molar-refractivity contribution < 1.29 is 4.74 Å². The molecule has 0 radical (unpaired) electrons. The van der Waals surface area contributed by atoms with Gasteiger partial charge in [-0.25, -0.2) is 0 Å². The standard InChI is InChI=1S/C10H23NO/c1-10(2,3)6-4-5-8-12-9-7-11/h4-9,11H2,1-3H3. The molecule has 2 heteroatoms. The second-order valence-electron chi connectivity index (χ2n) is 4.42. The summed E-state index contributed by atoms with van der Waals surface area (Å²) in [6, 6.07) is 0. The highest BCUT2D eigenvalue weighted by Crippen LogP contribution is 2.21. The predicted molar refractivity (Wildman–Crippen MR) is 53.2 cm³/mol. The van der Waals surface area contributed by atoms with Gasteiger partial charge in [0.1, 0.15) is 0 Å². The van der Waals surface area contributed by atoms with Crippen molar-refractivity contribution in [3.63, 3.8) is 0 Å². The van der Waals surface area contributed by atoms with E-state index in [1.807, 2.05) is 0 Å². The van der Waals surface area contributed by atoms with Gasteiger partial charge < -0.3 is 10.5 Å². The fourth-order valence-electron chi connectivity index (χ4n) is 1.04. The summed E-state index contributed by atoms with van der Waals surface area (Å²) in [5.74, 6) is 0. The highest BCUT2D eigenvalue weighted by molar-refractivity contribution is 4.60. The lowest BCUT2D eigenvalue weighted by atomic mass is 9.90. The first-order valence-electron chi connectivity index (χ1n) is 4.84. The number of hydrogen-bond acceptors (Lipinski definition) is 2. The van der Waals surface area contributed by atoms with Gasteiger partial charge in [0.25, 0.3) is 0 Å². The molecule has 0 aromatic rings. The van der Waals surface area contributed by atoms with Crippen LogP contribution in [0.2, 0.25) is 0 Å². The third-order valence-electron chi connectivity index (χ3n) is 1.73. The van der Waals surface area contributed by atoms with E-state index in [2.05, 4.69) is 20.8 Å². The zero-order chi connectivity index (χ0) is 9.45. The Labute approximate surface area is 76.5 Å². The Morgan fingerprint density at radius 3 is 2.25 bits per heavy atom. The third-order valence-corrected chi connectivity index (χ3v) is 1.73. The lowest BCUT2D eigenvalue weighted by molar-refractivity contribution is 0.134. The zero-order valence-electron chi connectivity index (χ0n) is 8.73. The summed E-state index contributed by atoms with van der Waals surface area (Å²) in [5, 5.41) is 0. The van der Waals surface area contributed by atoms with Crippen LogP contribution in [-0.2, 0) is 4.74 Å². The van der Waals surface area contributed by atoms with Gasteiger partial charge in [0, 0.05) is 13.2 Å². The Bertz CT molecular complexity index is 96.5. The van der Waals surface area contributed by atoms with E-state index in [-0.39, 0.29) is 0 Å². The van der Waals surface area contributed by atoms with Gasteiger partial charge in [0.05, 0.1) is 6.61 Å². The minimum absolute atomic E-state index is 0.466. The fourth-order valence-corrected chi connectivity index (χ4v) is 1.04. The van der Waals surface area contributed by atoms with E-state index < -0.39 is 0 Å². The van der Waals surface area contributed by atoms with Crippen LogP contribution in [0.15, 0.2) is 0 Å². The topological polar surface area (TPSA) is 35.2 Å². The lowest BCUT2D eigenvalue weighted by Crippen LogP contribution is -2.10. The van der Waals surface area contributed by atoms with Crippen LogP contribution in [-0.4, -0.2) is 19.8 Å². The van der Waals surface area contributed by atoms with Gasteiger partial charge in [-0.15, -0.1) is 0 Å². The van der Waals surface area contributed by atoms with Gasteiger partial charge in [0.15, 0.2) is 0 Å². The van der Waals surface area contributed by atoms with Crippen LogP contribution in [0.25, 0.3) is 0 Å². The summed E-state index contributed by atoms with van der Waals surface area (Å²) < 4.78 is 5.27. The van der Waals surface area contributed by atoms with Crippen LogP contribution < -0.4 is 5.73 Å². The fraction of sp³-hybridized carbons (Fsp3) is 1.00. The molecule has 74 valence electrons. The minimum atomic E-state index is 0.466. The average Bonchev–Trinajstić information content (AvgIpc) is 1.94. The van der Waals surface area contributed by atoms with Crippen molar-refractivity contribution in [3.8, 4) is 0 Å². The van der Waals surface area contributed by atoms with Gasteiger partial charge in [-0.1, -0.05) is 27.2 Å². The zero-order valence-corrected chi connectivity index (χ0v) is 8.73. The van der Waals surface area contributed by atoms with Gasteiger partial charge >= 0.3 is 0 Å². The van der Waals surface area contributed by atoms with E-state index in [0.29, 0.717) is 18.6 Å². The predicted octanol–water partition coefficient (Wildman–Crippen LogP) is 2.18.